The van der Waals surface area contributed by atoms with Crippen molar-refractivity contribution in [1.82, 2.24) is 0 Å². The minimum absolute atomic E-state index is 0.191. The minimum atomic E-state index is 0.191. The van der Waals surface area contributed by atoms with Crippen LogP contribution in [0.25, 0.3) is 0 Å². The zero-order chi connectivity index (χ0) is 15.7. The van der Waals surface area contributed by atoms with Gasteiger partial charge in [-0.05, 0) is 63.2 Å². The summed E-state index contributed by atoms with van der Waals surface area (Å²) in [5, 5.41) is 0. The highest BCUT2D eigenvalue weighted by Crippen LogP contribution is 2.57. The van der Waals surface area contributed by atoms with Crippen molar-refractivity contribution in [2.75, 3.05) is 0 Å². The van der Waals surface area contributed by atoms with Crippen LogP contribution in [0.2, 0.25) is 0 Å². The summed E-state index contributed by atoms with van der Waals surface area (Å²) in [6.45, 7) is 4.12. The molecular formula is C20H28O2. The molecule has 0 aromatic rings. The molecule has 3 saturated carbocycles. The molecule has 0 heterocycles. The molecule has 3 rings (SSSR count). The summed E-state index contributed by atoms with van der Waals surface area (Å²) < 4.78 is 0. The Morgan fingerprint density at radius 1 is 1.09 bits per heavy atom. The van der Waals surface area contributed by atoms with Crippen LogP contribution in [-0.4, -0.2) is 11.6 Å². The molecule has 22 heavy (non-hydrogen) atoms. The number of rotatable bonds is 2. The number of fused-ring (bicyclic) bond motifs is 1. The van der Waals surface area contributed by atoms with Crippen LogP contribution in [0.4, 0.5) is 0 Å². The van der Waals surface area contributed by atoms with E-state index in [4.69, 9.17) is 0 Å². The van der Waals surface area contributed by atoms with E-state index in [0.717, 1.165) is 32.1 Å². The summed E-state index contributed by atoms with van der Waals surface area (Å²) in [5.41, 5.74) is 3.18. The third-order valence-corrected chi connectivity index (χ3v) is 6.44. The van der Waals surface area contributed by atoms with Gasteiger partial charge in [0, 0.05) is 18.8 Å². The zero-order valence-corrected chi connectivity index (χ0v) is 14.0. The van der Waals surface area contributed by atoms with E-state index < -0.39 is 0 Å². The lowest BCUT2D eigenvalue weighted by atomic mass is 9.63. The number of ketones is 2. The van der Waals surface area contributed by atoms with Gasteiger partial charge in [0.2, 0.25) is 0 Å². The molecule has 3 atom stereocenters. The molecule has 0 spiro atoms. The van der Waals surface area contributed by atoms with Crippen LogP contribution in [0, 0.1) is 17.3 Å². The predicted octanol–water partition coefficient (Wildman–Crippen LogP) is 4.79. The molecule has 0 aliphatic heterocycles. The lowest BCUT2D eigenvalue weighted by Crippen LogP contribution is -2.36. The second kappa shape index (κ2) is 6.14. The van der Waals surface area contributed by atoms with Crippen LogP contribution in [0.3, 0.4) is 0 Å². The minimum Gasteiger partial charge on any atom is -0.300 e. The lowest BCUT2D eigenvalue weighted by Gasteiger charge is -2.41. The summed E-state index contributed by atoms with van der Waals surface area (Å²) in [5.74, 6) is 1.66. The van der Waals surface area contributed by atoms with E-state index >= 15 is 0 Å². The highest BCUT2D eigenvalue weighted by molar-refractivity contribution is 5.80. The number of carbonyl (C=O) groups is 2. The van der Waals surface area contributed by atoms with Crippen LogP contribution >= 0.6 is 0 Å². The summed E-state index contributed by atoms with van der Waals surface area (Å²) in [6.07, 6.45) is 13.8. The molecule has 0 saturated heterocycles. The SMILES string of the molecule is CC(=O)[C@H]1CCC2/C(=C/C=C3CCC(=O)CC3)CCC[C@@]21C. The highest BCUT2D eigenvalue weighted by Gasteiger charge is 2.50. The van der Waals surface area contributed by atoms with Crippen molar-refractivity contribution in [3.8, 4) is 0 Å². The van der Waals surface area contributed by atoms with E-state index in [1.165, 1.54) is 31.3 Å². The van der Waals surface area contributed by atoms with E-state index in [2.05, 4.69) is 19.1 Å². The van der Waals surface area contributed by atoms with E-state index in [-0.39, 0.29) is 11.3 Å². The van der Waals surface area contributed by atoms with E-state index in [9.17, 15) is 9.59 Å². The Kier molecular flexibility index (Phi) is 4.38. The third kappa shape index (κ3) is 2.85. The Hall–Kier alpha value is -1.18. The van der Waals surface area contributed by atoms with E-state index in [1.54, 1.807) is 12.5 Å². The largest absolute Gasteiger partial charge is 0.300 e. The maximum atomic E-state index is 12.0. The second-order valence-electron chi connectivity index (χ2n) is 7.76. The molecule has 0 N–H and O–H groups in total. The molecule has 0 bridgehead atoms. The Bertz CT molecular complexity index is 528. The quantitative estimate of drug-likeness (QED) is 0.735. The van der Waals surface area contributed by atoms with Gasteiger partial charge < -0.3 is 0 Å². The van der Waals surface area contributed by atoms with Gasteiger partial charge in [-0.2, -0.15) is 0 Å². The summed E-state index contributed by atoms with van der Waals surface area (Å²) >= 11 is 0. The Balaban J connectivity index is 1.77. The fraction of sp³-hybridized carbons (Fsp3) is 0.700. The van der Waals surface area contributed by atoms with Gasteiger partial charge in [-0.3, -0.25) is 9.59 Å². The molecular weight excluding hydrogens is 272 g/mol. The molecule has 2 heteroatoms. The topological polar surface area (TPSA) is 34.1 Å². The summed E-state index contributed by atoms with van der Waals surface area (Å²) in [4.78, 5) is 23.3. The molecule has 1 unspecified atom stereocenters. The van der Waals surface area contributed by atoms with Crippen molar-refractivity contribution in [3.05, 3.63) is 23.3 Å². The Morgan fingerprint density at radius 3 is 2.50 bits per heavy atom. The summed E-state index contributed by atoms with van der Waals surface area (Å²) in [7, 11) is 0. The van der Waals surface area contributed by atoms with Gasteiger partial charge in [-0.25, -0.2) is 0 Å². The van der Waals surface area contributed by atoms with Crippen LogP contribution in [0.1, 0.15) is 71.6 Å². The van der Waals surface area contributed by atoms with Crippen molar-refractivity contribution >= 4 is 11.6 Å². The lowest BCUT2D eigenvalue weighted by molar-refractivity contribution is -0.124. The highest BCUT2D eigenvalue weighted by atomic mass is 16.1. The molecule has 2 nitrogen and oxygen atoms in total. The molecule has 120 valence electrons. The maximum Gasteiger partial charge on any atom is 0.133 e. The Labute approximate surface area is 134 Å². The molecule has 0 amide bonds. The fourth-order valence-corrected chi connectivity index (χ4v) is 5.15. The number of hydrogen-bond donors (Lipinski definition) is 0. The average Bonchev–Trinajstić information content (AvgIpc) is 2.84. The first kappa shape index (κ1) is 15.7. The molecule has 3 aliphatic carbocycles. The average molecular weight is 300 g/mol. The van der Waals surface area contributed by atoms with E-state index in [1.807, 2.05) is 0 Å². The summed E-state index contributed by atoms with van der Waals surface area (Å²) in [6, 6.07) is 0. The number of Topliss-reactive ketones (excluding diaryl/α,β-unsaturated/α-hetero) is 2. The number of hydrogen-bond acceptors (Lipinski definition) is 2. The first-order valence-electron chi connectivity index (χ1n) is 8.91. The third-order valence-electron chi connectivity index (χ3n) is 6.44. The normalized spacial score (nSPS) is 37.3. The first-order valence-corrected chi connectivity index (χ1v) is 8.91. The monoisotopic (exact) mass is 300 g/mol. The standard InChI is InChI=1S/C20H28O2/c1-14(21)18-11-12-19-16(4-3-13-20(18,19)2)8-5-15-6-9-17(22)10-7-15/h5,8,18-19H,3-4,6-7,9-13H2,1-2H3/b16-8+/t18-,19?,20-/m1/s1. The Morgan fingerprint density at radius 2 is 1.82 bits per heavy atom. The van der Waals surface area contributed by atoms with Gasteiger partial charge in [0.25, 0.3) is 0 Å². The zero-order valence-electron chi connectivity index (χ0n) is 14.0. The van der Waals surface area contributed by atoms with Gasteiger partial charge in [0.15, 0.2) is 0 Å². The number of carbonyl (C=O) groups excluding carboxylic acids is 2. The smallest absolute Gasteiger partial charge is 0.133 e. The van der Waals surface area contributed by atoms with Gasteiger partial charge in [0.05, 0.1) is 0 Å². The van der Waals surface area contributed by atoms with Crippen molar-refractivity contribution in [1.29, 1.82) is 0 Å². The van der Waals surface area contributed by atoms with Crippen molar-refractivity contribution in [3.63, 3.8) is 0 Å². The van der Waals surface area contributed by atoms with E-state index in [0.29, 0.717) is 17.5 Å². The van der Waals surface area contributed by atoms with Gasteiger partial charge in [0.1, 0.15) is 11.6 Å². The van der Waals surface area contributed by atoms with Gasteiger partial charge >= 0.3 is 0 Å². The van der Waals surface area contributed by atoms with Crippen LogP contribution in [0.15, 0.2) is 23.3 Å². The van der Waals surface area contributed by atoms with Crippen LogP contribution in [0.5, 0.6) is 0 Å². The molecule has 0 aromatic carbocycles. The molecule has 3 aliphatic rings. The van der Waals surface area contributed by atoms with Crippen molar-refractivity contribution in [2.24, 2.45) is 17.3 Å². The second-order valence-corrected chi connectivity index (χ2v) is 7.76. The predicted molar refractivity (Wildman–Crippen MR) is 88.5 cm³/mol. The first-order chi connectivity index (χ1) is 10.5. The molecule has 0 radical (unpaired) electrons. The van der Waals surface area contributed by atoms with Crippen molar-refractivity contribution < 1.29 is 9.59 Å². The van der Waals surface area contributed by atoms with Gasteiger partial charge in [-0.1, -0.05) is 30.2 Å². The fourth-order valence-electron chi connectivity index (χ4n) is 5.15. The molecule has 0 aromatic heterocycles. The van der Waals surface area contributed by atoms with Gasteiger partial charge in [-0.15, -0.1) is 0 Å². The van der Waals surface area contributed by atoms with Crippen molar-refractivity contribution in [2.45, 2.75) is 71.6 Å². The van der Waals surface area contributed by atoms with Crippen LogP contribution < -0.4 is 0 Å². The number of allylic oxidation sites excluding steroid dienone is 4. The molecule has 3 fully saturated rings. The van der Waals surface area contributed by atoms with Crippen LogP contribution in [-0.2, 0) is 9.59 Å². The maximum absolute atomic E-state index is 12.0.